The van der Waals surface area contributed by atoms with E-state index in [-0.39, 0.29) is 5.92 Å². The summed E-state index contributed by atoms with van der Waals surface area (Å²) in [6, 6.07) is 6.01. The molecule has 4 rings (SSSR count). The number of rotatable bonds is 7. The Morgan fingerprint density at radius 2 is 1.93 bits per heavy atom. The van der Waals surface area contributed by atoms with Gasteiger partial charge in [0.15, 0.2) is 5.65 Å². The van der Waals surface area contributed by atoms with Crippen LogP contribution >= 0.6 is 0 Å². The lowest BCUT2D eigenvalue weighted by atomic mass is 9.98. The third kappa shape index (κ3) is 3.35. The van der Waals surface area contributed by atoms with E-state index >= 15 is 0 Å². The molecule has 160 valence electrons. The third-order valence-electron chi connectivity index (χ3n) is 5.61. The van der Waals surface area contributed by atoms with Crippen LogP contribution in [0.1, 0.15) is 40.4 Å². The number of benzene rings is 1. The molecule has 8 nitrogen and oxygen atoms in total. The Morgan fingerprint density at radius 1 is 1.20 bits per heavy atom. The van der Waals surface area contributed by atoms with Gasteiger partial charge in [0.2, 0.25) is 0 Å². The van der Waals surface area contributed by atoms with Crippen LogP contribution in [0.2, 0.25) is 0 Å². The molecule has 1 aliphatic rings. The SMILES string of the molecule is COCC(COC)c1c2c(nc3c(-c4ccc(OC)cc4C)c(C)nn13)C(N)OC2. The van der Waals surface area contributed by atoms with Gasteiger partial charge < -0.3 is 24.7 Å². The second-order valence-electron chi connectivity index (χ2n) is 7.58. The predicted octanol–water partition coefficient (Wildman–Crippen LogP) is 2.89. The number of ether oxygens (including phenoxy) is 4. The van der Waals surface area contributed by atoms with Crippen molar-refractivity contribution in [2.24, 2.45) is 5.73 Å². The molecule has 1 aliphatic heterocycles. The number of nitrogens with two attached hydrogens (primary N) is 1. The van der Waals surface area contributed by atoms with E-state index in [1.165, 1.54) is 0 Å². The molecule has 30 heavy (non-hydrogen) atoms. The summed E-state index contributed by atoms with van der Waals surface area (Å²) in [4.78, 5) is 4.92. The van der Waals surface area contributed by atoms with Gasteiger partial charge in [0.1, 0.15) is 12.0 Å². The van der Waals surface area contributed by atoms with E-state index in [4.69, 9.17) is 34.8 Å². The van der Waals surface area contributed by atoms with Crippen LogP contribution in [0.5, 0.6) is 5.75 Å². The van der Waals surface area contributed by atoms with Crippen molar-refractivity contribution in [1.82, 2.24) is 14.6 Å². The van der Waals surface area contributed by atoms with Crippen molar-refractivity contribution >= 4 is 5.65 Å². The minimum Gasteiger partial charge on any atom is -0.497 e. The summed E-state index contributed by atoms with van der Waals surface area (Å²) < 4.78 is 24.0. The van der Waals surface area contributed by atoms with Crippen LogP contribution < -0.4 is 10.5 Å². The summed E-state index contributed by atoms with van der Waals surface area (Å²) in [6.07, 6.45) is -0.561. The van der Waals surface area contributed by atoms with Crippen molar-refractivity contribution in [2.75, 3.05) is 34.5 Å². The number of hydrogen-bond donors (Lipinski definition) is 1. The summed E-state index contributed by atoms with van der Waals surface area (Å²) in [7, 11) is 5.03. The molecule has 1 unspecified atom stereocenters. The number of hydrogen-bond acceptors (Lipinski definition) is 7. The minimum atomic E-state index is -0.561. The van der Waals surface area contributed by atoms with E-state index in [1.54, 1.807) is 21.3 Å². The van der Waals surface area contributed by atoms with Crippen molar-refractivity contribution in [3.05, 3.63) is 46.4 Å². The highest BCUT2D eigenvalue weighted by Crippen LogP contribution is 2.38. The maximum Gasteiger partial charge on any atom is 0.163 e. The quantitative estimate of drug-likeness (QED) is 0.638. The first-order valence-electron chi connectivity index (χ1n) is 9.92. The standard InChI is InChI=1S/C22H28N4O4/c1-12-8-15(29-5)6-7-16(12)18-13(2)25-26-20(14(9-27-3)10-28-4)17-11-30-21(23)19(17)24-22(18)26/h6-8,14,21H,9-11,23H2,1-5H3. The number of aryl methyl sites for hydroxylation is 2. The molecule has 2 aromatic heterocycles. The molecule has 0 radical (unpaired) electrons. The Kier molecular flexibility index (Phi) is 5.75. The molecule has 0 saturated heterocycles. The van der Waals surface area contributed by atoms with E-state index in [0.29, 0.717) is 19.8 Å². The lowest BCUT2D eigenvalue weighted by molar-refractivity contribution is 0.0684. The Labute approximate surface area is 175 Å². The van der Waals surface area contributed by atoms with Gasteiger partial charge >= 0.3 is 0 Å². The van der Waals surface area contributed by atoms with Gasteiger partial charge in [-0.3, -0.25) is 0 Å². The first-order chi connectivity index (χ1) is 14.5. The predicted molar refractivity (Wildman–Crippen MR) is 113 cm³/mol. The molecule has 0 amide bonds. The molecule has 8 heteroatoms. The molecule has 1 aromatic carbocycles. The molecule has 2 N–H and O–H groups in total. The molecular weight excluding hydrogens is 384 g/mol. The maximum absolute atomic E-state index is 6.22. The van der Waals surface area contributed by atoms with Crippen LogP contribution in [0.4, 0.5) is 0 Å². The summed E-state index contributed by atoms with van der Waals surface area (Å²) in [5.74, 6) is 0.785. The van der Waals surface area contributed by atoms with Crippen molar-refractivity contribution < 1.29 is 18.9 Å². The second-order valence-corrected chi connectivity index (χ2v) is 7.58. The zero-order valence-electron chi connectivity index (χ0n) is 18.1. The molecule has 0 fully saturated rings. The van der Waals surface area contributed by atoms with Crippen LogP contribution in [0.15, 0.2) is 18.2 Å². The highest BCUT2D eigenvalue weighted by atomic mass is 16.5. The zero-order valence-corrected chi connectivity index (χ0v) is 18.1. The van der Waals surface area contributed by atoms with Crippen molar-refractivity contribution in [3.63, 3.8) is 0 Å². The second kappa shape index (κ2) is 8.31. The lowest BCUT2D eigenvalue weighted by Gasteiger charge is -2.20. The highest BCUT2D eigenvalue weighted by Gasteiger charge is 2.32. The van der Waals surface area contributed by atoms with Gasteiger partial charge in [0.25, 0.3) is 0 Å². The van der Waals surface area contributed by atoms with Gasteiger partial charge in [-0.05, 0) is 37.1 Å². The molecule has 1 atom stereocenters. The maximum atomic E-state index is 6.22. The van der Waals surface area contributed by atoms with Gasteiger partial charge in [-0.2, -0.15) is 5.10 Å². The fourth-order valence-corrected chi connectivity index (χ4v) is 4.25. The fraction of sp³-hybridized carbons (Fsp3) is 0.455. The number of methoxy groups -OCH3 is 3. The lowest BCUT2D eigenvalue weighted by Crippen LogP contribution is -2.20. The van der Waals surface area contributed by atoms with Crippen molar-refractivity contribution in [3.8, 4) is 16.9 Å². The average molecular weight is 412 g/mol. The fourth-order valence-electron chi connectivity index (χ4n) is 4.25. The van der Waals surface area contributed by atoms with Crippen LogP contribution in [0.3, 0.4) is 0 Å². The topological polar surface area (TPSA) is 93.1 Å². The summed E-state index contributed by atoms with van der Waals surface area (Å²) in [5, 5.41) is 4.88. The summed E-state index contributed by atoms with van der Waals surface area (Å²) in [6.45, 7) is 5.44. The van der Waals surface area contributed by atoms with Gasteiger partial charge in [-0.15, -0.1) is 0 Å². The summed E-state index contributed by atoms with van der Waals surface area (Å²) >= 11 is 0. The van der Waals surface area contributed by atoms with E-state index in [2.05, 4.69) is 6.92 Å². The zero-order chi connectivity index (χ0) is 21.4. The van der Waals surface area contributed by atoms with Crippen LogP contribution in [-0.2, 0) is 20.8 Å². The van der Waals surface area contributed by atoms with Crippen LogP contribution in [-0.4, -0.2) is 49.1 Å². The van der Waals surface area contributed by atoms with E-state index in [1.807, 2.05) is 29.6 Å². The molecule has 3 heterocycles. The molecule has 0 saturated carbocycles. The Morgan fingerprint density at radius 3 is 2.57 bits per heavy atom. The normalized spacial score (nSPS) is 15.9. The monoisotopic (exact) mass is 412 g/mol. The number of fused-ring (bicyclic) bond motifs is 2. The molecular formula is C22H28N4O4. The average Bonchev–Trinajstić information content (AvgIpc) is 3.25. The van der Waals surface area contributed by atoms with Crippen LogP contribution in [0, 0.1) is 13.8 Å². The third-order valence-corrected chi connectivity index (χ3v) is 5.61. The van der Waals surface area contributed by atoms with E-state index in [9.17, 15) is 0 Å². The van der Waals surface area contributed by atoms with Crippen molar-refractivity contribution in [2.45, 2.75) is 32.6 Å². The smallest absolute Gasteiger partial charge is 0.163 e. The molecule has 0 spiro atoms. The summed E-state index contributed by atoms with van der Waals surface area (Å²) in [5.41, 5.74) is 13.7. The molecule has 0 bridgehead atoms. The van der Waals surface area contributed by atoms with Crippen molar-refractivity contribution in [1.29, 1.82) is 0 Å². The van der Waals surface area contributed by atoms with Gasteiger partial charge in [0, 0.05) is 31.3 Å². The van der Waals surface area contributed by atoms with Crippen LogP contribution in [0.25, 0.3) is 16.8 Å². The van der Waals surface area contributed by atoms with Gasteiger partial charge in [0.05, 0.1) is 44.0 Å². The molecule has 3 aromatic rings. The highest BCUT2D eigenvalue weighted by molar-refractivity contribution is 5.82. The first-order valence-corrected chi connectivity index (χ1v) is 9.92. The number of aromatic nitrogens is 3. The van der Waals surface area contributed by atoms with E-state index < -0.39 is 6.23 Å². The first kappa shape index (κ1) is 20.7. The Balaban J connectivity index is 2.01. The number of nitrogens with zero attached hydrogens (tertiary/aromatic N) is 3. The Hall–Kier alpha value is -2.52. The largest absolute Gasteiger partial charge is 0.497 e. The van der Waals surface area contributed by atoms with E-state index in [0.717, 1.165) is 50.7 Å². The Bertz CT molecular complexity index is 1070. The van der Waals surface area contributed by atoms with Gasteiger partial charge in [-0.1, -0.05) is 6.07 Å². The molecule has 0 aliphatic carbocycles. The minimum absolute atomic E-state index is 0.0303. The van der Waals surface area contributed by atoms with Gasteiger partial charge in [-0.25, -0.2) is 9.50 Å².